The highest BCUT2D eigenvalue weighted by Gasteiger charge is 2.62. The van der Waals surface area contributed by atoms with E-state index in [1.165, 1.54) is 19.3 Å². The van der Waals surface area contributed by atoms with E-state index in [0.29, 0.717) is 16.7 Å². The molecule has 0 aromatic heterocycles. The first-order valence-electron chi connectivity index (χ1n) is 8.88. The number of hydrogen-bond donors (Lipinski definition) is 2. The van der Waals surface area contributed by atoms with Gasteiger partial charge < -0.3 is 10.6 Å². The van der Waals surface area contributed by atoms with Gasteiger partial charge in [-0.25, -0.2) is 0 Å². The summed E-state index contributed by atoms with van der Waals surface area (Å²) in [5, 5.41) is 6.57. The molecule has 4 fully saturated rings. The Morgan fingerprint density at radius 3 is 2.29 bits per heavy atom. The standard InChI is InChI=1S/C18H32N2O/c1-4-19-6-5-7-20-15(21)18-10-14-8-16(2,12-18)11-17(3,9-14)13-18/h14,19H,4-13H2,1-3H3,(H,20,21). The summed E-state index contributed by atoms with van der Waals surface area (Å²) >= 11 is 0. The average molecular weight is 292 g/mol. The third-order valence-electron chi connectivity index (χ3n) is 6.17. The van der Waals surface area contributed by atoms with E-state index in [2.05, 4.69) is 31.4 Å². The van der Waals surface area contributed by atoms with Crippen molar-refractivity contribution in [3.63, 3.8) is 0 Å². The lowest BCUT2D eigenvalue weighted by Gasteiger charge is -2.64. The first-order chi connectivity index (χ1) is 9.89. The van der Waals surface area contributed by atoms with Crippen LogP contribution in [0.25, 0.3) is 0 Å². The molecule has 0 spiro atoms. The van der Waals surface area contributed by atoms with Crippen LogP contribution in [-0.4, -0.2) is 25.5 Å². The molecule has 4 bridgehead atoms. The van der Waals surface area contributed by atoms with Crippen LogP contribution in [0.5, 0.6) is 0 Å². The Morgan fingerprint density at radius 2 is 1.71 bits per heavy atom. The summed E-state index contributed by atoms with van der Waals surface area (Å²) in [5.41, 5.74) is 0.811. The fraction of sp³-hybridized carbons (Fsp3) is 0.944. The monoisotopic (exact) mass is 292 g/mol. The maximum atomic E-state index is 12.9. The van der Waals surface area contributed by atoms with E-state index < -0.39 is 0 Å². The maximum Gasteiger partial charge on any atom is 0.226 e. The highest BCUT2D eigenvalue weighted by atomic mass is 16.2. The van der Waals surface area contributed by atoms with Gasteiger partial charge in [-0.2, -0.15) is 0 Å². The maximum absolute atomic E-state index is 12.9. The highest BCUT2D eigenvalue weighted by molar-refractivity contribution is 5.83. The van der Waals surface area contributed by atoms with Crippen LogP contribution in [0.4, 0.5) is 0 Å². The van der Waals surface area contributed by atoms with Crippen molar-refractivity contribution in [2.45, 2.75) is 65.7 Å². The van der Waals surface area contributed by atoms with Crippen molar-refractivity contribution in [1.29, 1.82) is 0 Å². The van der Waals surface area contributed by atoms with Crippen molar-refractivity contribution in [1.82, 2.24) is 10.6 Å². The molecule has 0 aromatic rings. The molecule has 1 amide bonds. The van der Waals surface area contributed by atoms with Gasteiger partial charge in [0.05, 0.1) is 5.41 Å². The summed E-state index contributed by atoms with van der Waals surface area (Å²) in [6.45, 7) is 9.82. The van der Waals surface area contributed by atoms with E-state index in [1.54, 1.807) is 0 Å². The summed E-state index contributed by atoms with van der Waals surface area (Å²) in [7, 11) is 0. The van der Waals surface area contributed by atoms with Crippen LogP contribution in [0.3, 0.4) is 0 Å². The van der Waals surface area contributed by atoms with Gasteiger partial charge in [-0.1, -0.05) is 20.8 Å². The summed E-state index contributed by atoms with van der Waals surface area (Å²) in [6, 6.07) is 0. The topological polar surface area (TPSA) is 41.1 Å². The van der Waals surface area contributed by atoms with E-state index in [9.17, 15) is 4.79 Å². The van der Waals surface area contributed by atoms with Crippen LogP contribution in [0.1, 0.15) is 65.7 Å². The molecule has 2 unspecified atom stereocenters. The number of nitrogens with one attached hydrogen (secondary N) is 2. The lowest BCUT2D eigenvalue weighted by molar-refractivity contribution is -0.170. The second-order valence-corrected chi connectivity index (χ2v) is 8.87. The van der Waals surface area contributed by atoms with Crippen LogP contribution in [0.2, 0.25) is 0 Å². The van der Waals surface area contributed by atoms with E-state index in [1.807, 2.05) is 0 Å². The van der Waals surface area contributed by atoms with Crippen molar-refractivity contribution in [2.24, 2.45) is 22.2 Å². The number of hydrogen-bond acceptors (Lipinski definition) is 2. The SMILES string of the molecule is CCNCCCNC(=O)C12CC3CC(C)(CC(C)(C3)C1)C2. The Morgan fingerprint density at radius 1 is 1.05 bits per heavy atom. The van der Waals surface area contributed by atoms with Crippen LogP contribution in [0.15, 0.2) is 0 Å². The van der Waals surface area contributed by atoms with Gasteiger partial charge in [0, 0.05) is 6.54 Å². The van der Waals surface area contributed by atoms with E-state index in [4.69, 9.17) is 0 Å². The molecular weight excluding hydrogens is 260 g/mol. The predicted molar refractivity (Wildman–Crippen MR) is 86.0 cm³/mol. The molecular formula is C18H32N2O. The molecule has 120 valence electrons. The fourth-order valence-corrected chi connectivity index (χ4v) is 6.48. The molecule has 0 aliphatic heterocycles. The molecule has 4 saturated carbocycles. The minimum atomic E-state index is -0.0406. The number of amides is 1. The van der Waals surface area contributed by atoms with Gasteiger partial charge in [-0.05, 0) is 74.8 Å². The van der Waals surface area contributed by atoms with Crippen molar-refractivity contribution in [2.75, 3.05) is 19.6 Å². The smallest absolute Gasteiger partial charge is 0.226 e. The van der Waals surface area contributed by atoms with Crippen molar-refractivity contribution in [3.05, 3.63) is 0 Å². The van der Waals surface area contributed by atoms with Gasteiger partial charge in [-0.3, -0.25) is 4.79 Å². The average Bonchev–Trinajstić information content (AvgIpc) is 2.33. The first-order valence-corrected chi connectivity index (χ1v) is 8.88. The molecule has 4 rings (SSSR count). The molecule has 0 saturated heterocycles. The third kappa shape index (κ3) is 2.86. The Kier molecular flexibility index (Phi) is 3.84. The zero-order valence-corrected chi connectivity index (χ0v) is 14.1. The van der Waals surface area contributed by atoms with Gasteiger partial charge in [0.2, 0.25) is 5.91 Å². The number of rotatable bonds is 6. The molecule has 3 heteroatoms. The lowest BCUT2D eigenvalue weighted by Crippen LogP contribution is -2.60. The predicted octanol–water partition coefficient (Wildman–Crippen LogP) is 3.10. The molecule has 0 heterocycles. The quantitative estimate of drug-likeness (QED) is 0.739. The van der Waals surface area contributed by atoms with Gasteiger partial charge in [0.25, 0.3) is 0 Å². The van der Waals surface area contributed by atoms with Crippen molar-refractivity contribution >= 4 is 5.91 Å². The number of carbonyl (C=O) groups excluding carboxylic acids is 1. The van der Waals surface area contributed by atoms with Crippen LogP contribution in [-0.2, 0) is 4.79 Å². The lowest BCUT2D eigenvalue weighted by atomic mass is 9.40. The zero-order valence-electron chi connectivity index (χ0n) is 14.1. The zero-order chi connectivity index (χ0) is 15.1. The third-order valence-corrected chi connectivity index (χ3v) is 6.17. The molecule has 2 atom stereocenters. The largest absolute Gasteiger partial charge is 0.356 e. The minimum absolute atomic E-state index is 0.0406. The fourth-order valence-electron chi connectivity index (χ4n) is 6.48. The second kappa shape index (κ2) is 5.26. The molecule has 4 aliphatic carbocycles. The normalized spacial score (nSPS) is 44.0. The molecule has 21 heavy (non-hydrogen) atoms. The molecule has 0 aromatic carbocycles. The van der Waals surface area contributed by atoms with E-state index >= 15 is 0 Å². The van der Waals surface area contributed by atoms with Crippen molar-refractivity contribution < 1.29 is 4.79 Å². The van der Waals surface area contributed by atoms with Crippen molar-refractivity contribution in [3.8, 4) is 0 Å². The Bertz CT molecular complexity index is 401. The van der Waals surface area contributed by atoms with E-state index in [0.717, 1.165) is 51.2 Å². The number of carbonyl (C=O) groups is 1. The summed E-state index contributed by atoms with van der Waals surface area (Å²) in [6.07, 6.45) is 8.50. The van der Waals surface area contributed by atoms with Gasteiger partial charge in [0.15, 0.2) is 0 Å². The Labute approximate surface area is 129 Å². The summed E-state index contributed by atoms with van der Waals surface area (Å²) < 4.78 is 0. The molecule has 4 aliphatic rings. The van der Waals surface area contributed by atoms with Gasteiger partial charge in [-0.15, -0.1) is 0 Å². The van der Waals surface area contributed by atoms with Gasteiger partial charge >= 0.3 is 0 Å². The molecule has 3 nitrogen and oxygen atoms in total. The summed E-state index contributed by atoms with van der Waals surface area (Å²) in [4.78, 5) is 12.9. The van der Waals surface area contributed by atoms with Gasteiger partial charge in [0.1, 0.15) is 0 Å². The first kappa shape index (κ1) is 15.3. The minimum Gasteiger partial charge on any atom is -0.356 e. The Balaban J connectivity index is 1.63. The second-order valence-electron chi connectivity index (χ2n) is 8.87. The summed E-state index contributed by atoms with van der Waals surface area (Å²) in [5.74, 6) is 1.16. The molecule has 2 N–H and O–H groups in total. The highest BCUT2D eigenvalue weighted by Crippen LogP contribution is 2.69. The van der Waals surface area contributed by atoms with E-state index in [-0.39, 0.29) is 5.41 Å². The molecule has 0 radical (unpaired) electrons. The Hall–Kier alpha value is -0.570. The van der Waals surface area contributed by atoms with Crippen LogP contribution in [0, 0.1) is 22.2 Å². The van der Waals surface area contributed by atoms with Crippen LogP contribution >= 0.6 is 0 Å². The van der Waals surface area contributed by atoms with Crippen LogP contribution < -0.4 is 10.6 Å².